The standard InChI is InChI=1S/C17H23N3O2/c1-3-7-17(8-9-21-12-17)18-11-14-5-4-6-15(10-14)16-20-19-13(2)22-16/h4-6,10,18H,3,7-9,11-12H2,1-2H3. The fraction of sp³-hybridized carbons (Fsp3) is 0.529. The number of nitrogens with one attached hydrogen (secondary N) is 1. The fourth-order valence-electron chi connectivity index (χ4n) is 3.03. The van der Waals surface area contributed by atoms with Gasteiger partial charge in [-0.05, 0) is 30.5 Å². The summed E-state index contributed by atoms with van der Waals surface area (Å²) >= 11 is 0. The van der Waals surface area contributed by atoms with E-state index in [1.165, 1.54) is 5.56 Å². The number of nitrogens with zero attached hydrogens (tertiary/aromatic N) is 2. The van der Waals surface area contributed by atoms with Crippen molar-refractivity contribution in [1.29, 1.82) is 0 Å². The van der Waals surface area contributed by atoms with Gasteiger partial charge in [0.1, 0.15) is 0 Å². The molecule has 1 saturated heterocycles. The Morgan fingerprint density at radius 3 is 2.91 bits per heavy atom. The molecule has 1 atom stereocenters. The van der Waals surface area contributed by atoms with E-state index in [4.69, 9.17) is 9.15 Å². The van der Waals surface area contributed by atoms with E-state index in [-0.39, 0.29) is 5.54 Å². The van der Waals surface area contributed by atoms with Crippen LogP contribution in [0, 0.1) is 6.92 Å². The van der Waals surface area contributed by atoms with Crippen LogP contribution in [-0.2, 0) is 11.3 Å². The summed E-state index contributed by atoms with van der Waals surface area (Å²) in [4.78, 5) is 0. The summed E-state index contributed by atoms with van der Waals surface area (Å²) in [7, 11) is 0. The Kier molecular flexibility index (Phi) is 4.55. The van der Waals surface area contributed by atoms with Crippen LogP contribution in [0.5, 0.6) is 0 Å². The third-order valence-corrected chi connectivity index (χ3v) is 4.20. The van der Waals surface area contributed by atoms with Crippen LogP contribution < -0.4 is 5.32 Å². The zero-order valence-electron chi connectivity index (χ0n) is 13.3. The van der Waals surface area contributed by atoms with Gasteiger partial charge in [-0.3, -0.25) is 0 Å². The zero-order chi connectivity index (χ0) is 15.4. The second-order valence-corrected chi connectivity index (χ2v) is 6.01. The van der Waals surface area contributed by atoms with Crippen LogP contribution in [0.2, 0.25) is 0 Å². The second-order valence-electron chi connectivity index (χ2n) is 6.01. The largest absolute Gasteiger partial charge is 0.421 e. The van der Waals surface area contributed by atoms with Crippen molar-refractivity contribution in [2.75, 3.05) is 13.2 Å². The average Bonchev–Trinajstić information content (AvgIpc) is 3.16. The van der Waals surface area contributed by atoms with Gasteiger partial charge in [0.15, 0.2) is 0 Å². The first-order valence-electron chi connectivity index (χ1n) is 7.93. The number of hydrogen-bond acceptors (Lipinski definition) is 5. The molecule has 5 nitrogen and oxygen atoms in total. The molecule has 0 aliphatic carbocycles. The lowest BCUT2D eigenvalue weighted by Gasteiger charge is -2.28. The molecular formula is C17H23N3O2. The Morgan fingerprint density at radius 1 is 1.32 bits per heavy atom. The van der Waals surface area contributed by atoms with Gasteiger partial charge in [0.05, 0.1) is 6.61 Å². The Bertz CT molecular complexity index is 618. The molecule has 1 unspecified atom stereocenters. The van der Waals surface area contributed by atoms with Gasteiger partial charge in [-0.25, -0.2) is 0 Å². The normalized spacial score (nSPS) is 21.4. The van der Waals surface area contributed by atoms with Crippen molar-refractivity contribution >= 4 is 0 Å². The third kappa shape index (κ3) is 3.36. The molecule has 2 heterocycles. The van der Waals surface area contributed by atoms with Gasteiger partial charge in [-0.1, -0.05) is 25.5 Å². The smallest absolute Gasteiger partial charge is 0.247 e. The van der Waals surface area contributed by atoms with Crippen molar-refractivity contribution in [3.05, 3.63) is 35.7 Å². The molecule has 0 radical (unpaired) electrons. The molecule has 0 saturated carbocycles. The van der Waals surface area contributed by atoms with E-state index in [1.807, 2.05) is 12.1 Å². The molecule has 1 aliphatic heterocycles. The zero-order valence-corrected chi connectivity index (χ0v) is 13.3. The van der Waals surface area contributed by atoms with E-state index in [2.05, 4.69) is 34.6 Å². The van der Waals surface area contributed by atoms with Crippen LogP contribution >= 0.6 is 0 Å². The van der Waals surface area contributed by atoms with Crippen LogP contribution in [-0.4, -0.2) is 29.0 Å². The molecule has 1 aliphatic rings. The van der Waals surface area contributed by atoms with Gasteiger partial charge in [0.25, 0.3) is 0 Å². The van der Waals surface area contributed by atoms with Crippen LogP contribution in [0.25, 0.3) is 11.5 Å². The van der Waals surface area contributed by atoms with E-state index < -0.39 is 0 Å². The predicted octanol–water partition coefficient (Wildman–Crippen LogP) is 3.09. The van der Waals surface area contributed by atoms with E-state index in [0.717, 1.165) is 44.6 Å². The molecule has 1 aromatic heterocycles. The maximum atomic E-state index is 5.60. The molecule has 22 heavy (non-hydrogen) atoms. The van der Waals surface area contributed by atoms with Crippen molar-refractivity contribution in [3.63, 3.8) is 0 Å². The van der Waals surface area contributed by atoms with Gasteiger partial charge in [0.2, 0.25) is 11.8 Å². The first kappa shape index (κ1) is 15.2. The molecule has 1 fully saturated rings. The summed E-state index contributed by atoms with van der Waals surface area (Å²) in [5, 5.41) is 11.7. The number of aromatic nitrogens is 2. The van der Waals surface area contributed by atoms with E-state index in [9.17, 15) is 0 Å². The van der Waals surface area contributed by atoms with Gasteiger partial charge < -0.3 is 14.5 Å². The Labute approximate surface area is 131 Å². The summed E-state index contributed by atoms with van der Waals surface area (Å²) in [5.74, 6) is 1.16. The maximum absolute atomic E-state index is 5.60. The molecule has 1 N–H and O–H groups in total. The lowest BCUT2D eigenvalue weighted by atomic mass is 9.92. The summed E-state index contributed by atoms with van der Waals surface area (Å²) in [6.07, 6.45) is 3.40. The maximum Gasteiger partial charge on any atom is 0.247 e. The van der Waals surface area contributed by atoms with Crippen molar-refractivity contribution in [2.45, 2.75) is 45.2 Å². The molecule has 1 aromatic carbocycles. The summed E-state index contributed by atoms with van der Waals surface area (Å²) in [6.45, 7) is 6.51. The molecule has 3 rings (SSSR count). The predicted molar refractivity (Wildman–Crippen MR) is 84.4 cm³/mol. The van der Waals surface area contributed by atoms with Gasteiger partial charge in [-0.15, -0.1) is 10.2 Å². The van der Waals surface area contributed by atoms with Crippen molar-refractivity contribution in [3.8, 4) is 11.5 Å². The number of ether oxygens (including phenoxy) is 1. The van der Waals surface area contributed by atoms with Crippen LogP contribution in [0.4, 0.5) is 0 Å². The molecule has 0 bridgehead atoms. The van der Waals surface area contributed by atoms with E-state index >= 15 is 0 Å². The minimum Gasteiger partial charge on any atom is -0.421 e. The molecule has 0 spiro atoms. The average molecular weight is 301 g/mol. The monoisotopic (exact) mass is 301 g/mol. The first-order chi connectivity index (χ1) is 10.7. The number of hydrogen-bond donors (Lipinski definition) is 1. The van der Waals surface area contributed by atoms with E-state index in [0.29, 0.717) is 11.8 Å². The number of rotatable bonds is 6. The molecule has 5 heteroatoms. The quantitative estimate of drug-likeness (QED) is 0.888. The highest BCUT2D eigenvalue weighted by Gasteiger charge is 2.33. The highest BCUT2D eigenvalue weighted by Crippen LogP contribution is 2.25. The van der Waals surface area contributed by atoms with Crippen LogP contribution in [0.3, 0.4) is 0 Å². The van der Waals surface area contributed by atoms with Gasteiger partial charge in [-0.2, -0.15) is 0 Å². The molecule has 0 amide bonds. The second kappa shape index (κ2) is 6.58. The van der Waals surface area contributed by atoms with Gasteiger partial charge in [0, 0.05) is 31.2 Å². The Morgan fingerprint density at radius 2 is 2.23 bits per heavy atom. The number of aryl methyl sites for hydroxylation is 1. The van der Waals surface area contributed by atoms with E-state index in [1.54, 1.807) is 6.92 Å². The van der Waals surface area contributed by atoms with Crippen molar-refractivity contribution < 1.29 is 9.15 Å². The fourth-order valence-corrected chi connectivity index (χ4v) is 3.03. The van der Waals surface area contributed by atoms with Crippen molar-refractivity contribution in [2.24, 2.45) is 0 Å². The van der Waals surface area contributed by atoms with Crippen LogP contribution in [0.15, 0.2) is 28.7 Å². The summed E-state index contributed by atoms with van der Waals surface area (Å²) in [6, 6.07) is 8.26. The number of benzene rings is 1. The SMILES string of the molecule is CCCC1(NCc2cccc(-c3nnc(C)o3)c2)CCOC1. The minimum atomic E-state index is 0.131. The first-order valence-corrected chi connectivity index (χ1v) is 7.93. The Balaban J connectivity index is 1.70. The van der Waals surface area contributed by atoms with Gasteiger partial charge >= 0.3 is 0 Å². The highest BCUT2D eigenvalue weighted by molar-refractivity contribution is 5.53. The van der Waals surface area contributed by atoms with Crippen molar-refractivity contribution in [1.82, 2.24) is 15.5 Å². The molecular weight excluding hydrogens is 278 g/mol. The topological polar surface area (TPSA) is 60.2 Å². The van der Waals surface area contributed by atoms with Crippen LogP contribution in [0.1, 0.15) is 37.6 Å². The lowest BCUT2D eigenvalue weighted by Crippen LogP contribution is -2.45. The molecule has 2 aromatic rings. The lowest BCUT2D eigenvalue weighted by molar-refractivity contribution is 0.161. The Hall–Kier alpha value is -1.72. The molecule has 118 valence electrons. The minimum absolute atomic E-state index is 0.131. The highest BCUT2D eigenvalue weighted by atomic mass is 16.5. The summed E-state index contributed by atoms with van der Waals surface area (Å²) in [5.41, 5.74) is 2.31. The summed E-state index contributed by atoms with van der Waals surface area (Å²) < 4.78 is 11.1. The third-order valence-electron chi connectivity index (χ3n) is 4.20.